The molecule has 154 valence electrons. The fourth-order valence-corrected chi connectivity index (χ4v) is 4.73. The van der Waals surface area contributed by atoms with Crippen LogP contribution >= 0.6 is 11.3 Å². The van der Waals surface area contributed by atoms with Crippen LogP contribution in [-0.4, -0.2) is 40.3 Å². The van der Waals surface area contributed by atoms with Crippen LogP contribution in [0.5, 0.6) is 5.75 Å². The van der Waals surface area contributed by atoms with E-state index in [9.17, 15) is 18.3 Å². The number of sulfonamides is 1. The Hall–Kier alpha value is -2.66. The number of benzene rings is 1. The molecule has 2 N–H and O–H groups in total. The van der Waals surface area contributed by atoms with Gasteiger partial charge in [0.2, 0.25) is 10.0 Å². The third-order valence-electron chi connectivity index (χ3n) is 4.32. The molecule has 2 aromatic heterocycles. The molecule has 0 amide bonds. The highest BCUT2D eigenvalue weighted by Gasteiger charge is 2.37. The number of nitrogens with one attached hydrogen (secondary N) is 1. The van der Waals surface area contributed by atoms with Gasteiger partial charge in [0.15, 0.2) is 5.60 Å². The number of hydrogen-bond donors (Lipinski definition) is 2. The standard InChI is InChI=1S/C19H19NO7S2/c1-25-15-6-5-13(18(21)26-2)10-16(15)29(23,24)20-12-19(22,14-7-9-28-11-14)17-4-3-8-27-17/h3-11,20,22H,12H2,1-2H3/t19-/m1/s1. The summed E-state index contributed by atoms with van der Waals surface area (Å²) in [6, 6.07) is 8.75. The lowest BCUT2D eigenvalue weighted by Gasteiger charge is -2.26. The van der Waals surface area contributed by atoms with Crippen LogP contribution in [0.15, 0.2) is 62.7 Å². The van der Waals surface area contributed by atoms with Gasteiger partial charge in [0.1, 0.15) is 16.4 Å². The molecule has 8 nitrogen and oxygen atoms in total. The second-order valence-corrected chi connectivity index (χ2v) is 8.55. The van der Waals surface area contributed by atoms with Crippen LogP contribution in [0, 0.1) is 0 Å². The number of rotatable bonds is 8. The first-order chi connectivity index (χ1) is 13.8. The van der Waals surface area contributed by atoms with Crippen LogP contribution in [-0.2, 0) is 20.4 Å². The van der Waals surface area contributed by atoms with E-state index in [1.165, 1.54) is 44.0 Å². The molecule has 0 fully saturated rings. The van der Waals surface area contributed by atoms with Crippen LogP contribution in [0.3, 0.4) is 0 Å². The first-order valence-corrected chi connectivity index (χ1v) is 10.8. The molecule has 1 atom stereocenters. The van der Waals surface area contributed by atoms with Gasteiger partial charge in [-0.15, -0.1) is 0 Å². The average Bonchev–Trinajstić information content (AvgIpc) is 3.45. The molecule has 3 aromatic rings. The van der Waals surface area contributed by atoms with Gasteiger partial charge in [0.25, 0.3) is 0 Å². The first-order valence-electron chi connectivity index (χ1n) is 8.37. The third-order valence-corrected chi connectivity index (χ3v) is 6.43. The Bertz CT molecular complexity index is 1040. The first kappa shape index (κ1) is 21.1. The van der Waals surface area contributed by atoms with E-state index in [0.29, 0.717) is 5.56 Å². The largest absolute Gasteiger partial charge is 0.495 e. The van der Waals surface area contributed by atoms with Gasteiger partial charge in [-0.2, -0.15) is 11.3 Å². The maximum atomic E-state index is 13.0. The van der Waals surface area contributed by atoms with Gasteiger partial charge in [0, 0.05) is 5.56 Å². The van der Waals surface area contributed by atoms with Gasteiger partial charge in [-0.05, 0) is 47.2 Å². The van der Waals surface area contributed by atoms with E-state index in [1.54, 1.807) is 29.0 Å². The highest BCUT2D eigenvalue weighted by Crippen LogP contribution is 2.32. The van der Waals surface area contributed by atoms with Crippen molar-refractivity contribution in [2.24, 2.45) is 0 Å². The number of aliphatic hydroxyl groups is 1. The normalized spacial score (nSPS) is 13.6. The van der Waals surface area contributed by atoms with E-state index in [-0.39, 0.29) is 22.0 Å². The molecule has 29 heavy (non-hydrogen) atoms. The zero-order valence-corrected chi connectivity index (χ0v) is 17.2. The summed E-state index contributed by atoms with van der Waals surface area (Å²) in [6.07, 6.45) is 1.39. The molecule has 0 spiro atoms. The highest BCUT2D eigenvalue weighted by molar-refractivity contribution is 7.89. The molecule has 0 radical (unpaired) electrons. The van der Waals surface area contributed by atoms with Crippen molar-refractivity contribution in [3.63, 3.8) is 0 Å². The van der Waals surface area contributed by atoms with Crippen LogP contribution in [0.25, 0.3) is 0 Å². The molecule has 0 saturated heterocycles. The molecule has 3 rings (SSSR count). The predicted octanol–water partition coefficient (Wildman–Crippen LogP) is 2.35. The molecule has 0 bridgehead atoms. The van der Waals surface area contributed by atoms with Crippen LogP contribution in [0.4, 0.5) is 0 Å². The summed E-state index contributed by atoms with van der Waals surface area (Å²) in [6.45, 7) is -0.398. The Labute approximate surface area is 171 Å². The van der Waals surface area contributed by atoms with Crippen molar-refractivity contribution in [2.45, 2.75) is 10.5 Å². The molecule has 0 aliphatic heterocycles. The van der Waals surface area contributed by atoms with E-state index in [1.807, 2.05) is 0 Å². The maximum Gasteiger partial charge on any atom is 0.337 e. The predicted molar refractivity (Wildman–Crippen MR) is 106 cm³/mol. The molecular formula is C19H19NO7S2. The topological polar surface area (TPSA) is 115 Å². The van der Waals surface area contributed by atoms with Gasteiger partial charge in [0.05, 0.1) is 32.6 Å². The maximum absolute atomic E-state index is 13.0. The number of carbonyl (C=O) groups excluding carboxylic acids is 1. The van der Waals surface area contributed by atoms with Crippen molar-refractivity contribution in [3.05, 3.63) is 70.3 Å². The average molecular weight is 437 g/mol. The molecule has 10 heteroatoms. The lowest BCUT2D eigenvalue weighted by molar-refractivity contribution is 0.0599. The van der Waals surface area contributed by atoms with Crippen molar-refractivity contribution in [3.8, 4) is 5.75 Å². The van der Waals surface area contributed by atoms with E-state index in [2.05, 4.69) is 9.46 Å². The van der Waals surface area contributed by atoms with Gasteiger partial charge in [-0.25, -0.2) is 17.9 Å². The fraction of sp³-hybridized carbons (Fsp3) is 0.211. The van der Waals surface area contributed by atoms with E-state index in [4.69, 9.17) is 9.15 Å². The lowest BCUT2D eigenvalue weighted by atomic mass is 9.94. The zero-order chi connectivity index (χ0) is 21.1. The van der Waals surface area contributed by atoms with Gasteiger partial charge >= 0.3 is 5.97 Å². The van der Waals surface area contributed by atoms with E-state index in [0.717, 1.165) is 6.07 Å². The van der Waals surface area contributed by atoms with Crippen molar-refractivity contribution in [1.29, 1.82) is 0 Å². The third kappa shape index (κ3) is 4.20. The number of hydrogen-bond acceptors (Lipinski definition) is 8. The monoisotopic (exact) mass is 437 g/mol. The molecule has 0 aliphatic carbocycles. The van der Waals surface area contributed by atoms with Crippen LogP contribution in [0.2, 0.25) is 0 Å². The van der Waals surface area contributed by atoms with Crippen LogP contribution in [0.1, 0.15) is 21.7 Å². The zero-order valence-electron chi connectivity index (χ0n) is 15.6. The minimum absolute atomic E-state index is 0.0437. The minimum Gasteiger partial charge on any atom is -0.495 e. The molecule has 0 unspecified atom stereocenters. The van der Waals surface area contributed by atoms with Crippen molar-refractivity contribution >= 4 is 27.3 Å². The number of thiophene rings is 1. The quantitative estimate of drug-likeness (QED) is 0.520. The van der Waals surface area contributed by atoms with Crippen molar-refractivity contribution < 1.29 is 32.2 Å². The number of ether oxygens (including phenoxy) is 2. The van der Waals surface area contributed by atoms with Crippen molar-refractivity contribution in [1.82, 2.24) is 4.72 Å². The van der Waals surface area contributed by atoms with Crippen LogP contribution < -0.4 is 9.46 Å². The fourth-order valence-electron chi connectivity index (χ4n) is 2.75. The number of methoxy groups -OCH3 is 2. The number of esters is 1. The van der Waals surface area contributed by atoms with Gasteiger partial charge in [-0.3, -0.25) is 0 Å². The molecule has 0 aliphatic rings. The Morgan fingerprint density at radius 2 is 2.07 bits per heavy atom. The van der Waals surface area contributed by atoms with E-state index < -0.39 is 28.1 Å². The Morgan fingerprint density at radius 3 is 2.66 bits per heavy atom. The summed E-state index contributed by atoms with van der Waals surface area (Å²) < 4.78 is 43.4. The van der Waals surface area contributed by atoms with E-state index >= 15 is 0 Å². The second kappa shape index (κ2) is 8.37. The second-order valence-electron chi connectivity index (χ2n) is 6.03. The van der Waals surface area contributed by atoms with Crippen molar-refractivity contribution in [2.75, 3.05) is 20.8 Å². The Kier molecular flexibility index (Phi) is 6.08. The van der Waals surface area contributed by atoms with Gasteiger partial charge < -0.3 is 19.0 Å². The summed E-state index contributed by atoms with van der Waals surface area (Å²) >= 11 is 1.36. The summed E-state index contributed by atoms with van der Waals surface area (Å²) in [5, 5.41) is 14.7. The lowest BCUT2D eigenvalue weighted by Crippen LogP contribution is -2.41. The molecule has 2 heterocycles. The Balaban J connectivity index is 1.96. The highest BCUT2D eigenvalue weighted by atomic mass is 32.2. The van der Waals surface area contributed by atoms with Gasteiger partial charge in [-0.1, -0.05) is 0 Å². The smallest absolute Gasteiger partial charge is 0.337 e. The molecule has 1 aromatic carbocycles. The summed E-state index contributed by atoms with van der Waals surface area (Å²) in [4.78, 5) is 11.5. The number of carbonyl (C=O) groups is 1. The molecule has 0 saturated carbocycles. The summed E-state index contributed by atoms with van der Waals surface area (Å²) in [5.41, 5.74) is -1.19. The summed E-state index contributed by atoms with van der Waals surface area (Å²) in [5.74, 6) is -0.453. The minimum atomic E-state index is -4.16. The summed E-state index contributed by atoms with van der Waals surface area (Å²) in [7, 11) is -1.65. The number of furan rings is 1. The molecular weight excluding hydrogens is 418 g/mol. The Morgan fingerprint density at radius 1 is 1.28 bits per heavy atom. The SMILES string of the molecule is COC(=O)c1ccc(OC)c(S(=O)(=O)NC[C@@](O)(c2ccsc2)c2ccco2)c1.